The summed E-state index contributed by atoms with van der Waals surface area (Å²) in [6, 6.07) is 21.8. The fraction of sp³-hybridized carbons (Fsp3) is 0.292. The molecule has 4 heteroatoms. The van der Waals surface area contributed by atoms with Gasteiger partial charge in [-0.2, -0.15) is 0 Å². The molecule has 146 valence electrons. The predicted octanol–water partition coefficient (Wildman–Crippen LogP) is 5.01. The standard InChI is InChI=1S/C24H28N2O2/c1-17(2)28-16-18-9-11-20(12-10-18)23(26(3)4)24(27)25-22-14-13-19-7-5-6-8-21(19)15-22/h5-15,17,23H,16H2,1-4H3,(H,25,27). The van der Waals surface area contributed by atoms with E-state index in [9.17, 15) is 4.79 Å². The second-order valence-corrected chi connectivity index (χ2v) is 7.52. The number of hydrogen-bond donors (Lipinski definition) is 1. The van der Waals surface area contributed by atoms with Gasteiger partial charge in [0, 0.05) is 5.69 Å². The number of amides is 1. The molecular weight excluding hydrogens is 348 g/mol. The minimum absolute atomic E-state index is 0.0496. The number of hydrogen-bond acceptors (Lipinski definition) is 3. The number of ether oxygens (including phenoxy) is 1. The zero-order valence-corrected chi connectivity index (χ0v) is 17.0. The van der Waals surface area contributed by atoms with Crippen molar-refractivity contribution in [1.82, 2.24) is 4.90 Å². The van der Waals surface area contributed by atoms with Gasteiger partial charge in [-0.05, 0) is 62.0 Å². The smallest absolute Gasteiger partial charge is 0.246 e. The Balaban J connectivity index is 1.76. The zero-order chi connectivity index (χ0) is 20.1. The predicted molar refractivity (Wildman–Crippen MR) is 115 cm³/mol. The quantitative estimate of drug-likeness (QED) is 0.630. The van der Waals surface area contributed by atoms with E-state index in [2.05, 4.69) is 11.4 Å². The van der Waals surface area contributed by atoms with Gasteiger partial charge < -0.3 is 10.1 Å². The summed E-state index contributed by atoms with van der Waals surface area (Å²) in [5.41, 5.74) is 2.86. The van der Waals surface area contributed by atoms with Gasteiger partial charge in [0.25, 0.3) is 0 Å². The molecule has 3 aromatic carbocycles. The average Bonchev–Trinajstić information content (AvgIpc) is 2.67. The number of carbonyl (C=O) groups is 1. The average molecular weight is 377 g/mol. The van der Waals surface area contributed by atoms with Crippen molar-refractivity contribution >= 4 is 22.4 Å². The van der Waals surface area contributed by atoms with Crippen LogP contribution in [0.3, 0.4) is 0 Å². The van der Waals surface area contributed by atoms with Crippen LogP contribution in [0.5, 0.6) is 0 Å². The molecule has 4 nitrogen and oxygen atoms in total. The molecule has 1 unspecified atom stereocenters. The molecule has 0 fully saturated rings. The Labute approximate surface area is 167 Å². The van der Waals surface area contributed by atoms with E-state index in [1.807, 2.05) is 93.5 Å². The lowest BCUT2D eigenvalue weighted by molar-refractivity contribution is -0.120. The van der Waals surface area contributed by atoms with Gasteiger partial charge in [-0.15, -0.1) is 0 Å². The molecule has 0 bridgehead atoms. The molecule has 1 atom stereocenters. The number of fused-ring (bicyclic) bond motifs is 1. The summed E-state index contributed by atoms with van der Waals surface area (Å²) in [7, 11) is 3.83. The Hall–Kier alpha value is -2.69. The molecule has 0 heterocycles. The molecule has 28 heavy (non-hydrogen) atoms. The van der Waals surface area contributed by atoms with Crippen LogP contribution in [-0.4, -0.2) is 31.0 Å². The highest BCUT2D eigenvalue weighted by Crippen LogP contribution is 2.24. The normalized spacial score (nSPS) is 12.5. The van der Waals surface area contributed by atoms with Crippen molar-refractivity contribution < 1.29 is 9.53 Å². The maximum atomic E-state index is 13.0. The second kappa shape index (κ2) is 9.00. The van der Waals surface area contributed by atoms with Crippen molar-refractivity contribution in [3.05, 3.63) is 77.9 Å². The van der Waals surface area contributed by atoms with E-state index in [0.29, 0.717) is 6.61 Å². The fourth-order valence-corrected chi connectivity index (χ4v) is 3.22. The van der Waals surface area contributed by atoms with E-state index in [1.54, 1.807) is 0 Å². The third-order valence-electron chi connectivity index (χ3n) is 4.66. The maximum Gasteiger partial charge on any atom is 0.246 e. The van der Waals surface area contributed by atoms with Crippen LogP contribution in [0.25, 0.3) is 10.8 Å². The van der Waals surface area contributed by atoms with Crippen molar-refractivity contribution in [2.75, 3.05) is 19.4 Å². The van der Waals surface area contributed by atoms with Gasteiger partial charge in [0.15, 0.2) is 0 Å². The van der Waals surface area contributed by atoms with Crippen molar-refractivity contribution in [2.24, 2.45) is 0 Å². The van der Waals surface area contributed by atoms with E-state index in [1.165, 1.54) is 0 Å². The van der Waals surface area contributed by atoms with Crippen molar-refractivity contribution in [3.63, 3.8) is 0 Å². The van der Waals surface area contributed by atoms with Gasteiger partial charge in [0.2, 0.25) is 5.91 Å². The van der Waals surface area contributed by atoms with Crippen LogP contribution in [0, 0.1) is 0 Å². The fourth-order valence-electron chi connectivity index (χ4n) is 3.22. The molecule has 0 aromatic heterocycles. The molecule has 0 aliphatic heterocycles. The summed E-state index contributed by atoms with van der Waals surface area (Å²) in [4.78, 5) is 14.9. The zero-order valence-electron chi connectivity index (χ0n) is 17.0. The van der Waals surface area contributed by atoms with E-state index < -0.39 is 0 Å². The van der Waals surface area contributed by atoms with Gasteiger partial charge in [0.1, 0.15) is 6.04 Å². The Morgan fingerprint density at radius 3 is 2.29 bits per heavy atom. The van der Waals surface area contributed by atoms with Gasteiger partial charge >= 0.3 is 0 Å². The SMILES string of the molecule is CC(C)OCc1ccc(C(C(=O)Nc2ccc3ccccc3c2)N(C)C)cc1. The molecule has 0 spiro atoms. The molecule has 1 N–H and O–H groups in total. The number of nitrogens with zero attached hydrogens (tertiary/aromatic N) is 1. The molecule has 3 rings (SSSR count). The Bertz CT molecular complexity index is 933. The lowest BCUT2D eigenvalue weighted by Gasteiger charge is -2.24. The van der Waals surface area contributed by atoms with Gasteiger partial charge in [0.05, 0.1) is 12.7 Å². The number of carbonyl (C=O) groups excluding carboxylic acids is 1. The van der Waals surface area contributed by atoms with Crippen LogP contribution < -0.4 is 5.32 Å². The van der Waals surface area contributed by atoms with E-state index in [0.717, 1.165) is 27.6 Å². The topological polar surface area (TPSA) is 41.6 Å². The molecule has 0 saturated heterocycles. The first-order valence-electron chi connectivity index (χ1n) is 9.60. The minimum Gasteiger partial charge on any atom is -0.374 e. The first-order valence-corrected chi connectivity index (χ1v) is 9.60. The van der Waals surface area contributed by atoms with E-state index >= 15 is 0 Å². The molecule has 0 radical (unpaired) electrons. The summed E-state index contributed by atoms with van der Waals surface area (Å²) < 4.78 is 5.65. The molecule has 3 aromatic rings. The first kappa shape index (κ1) is 20.1. The van der Waals surface area contributed by atoms with Crippen LogP contribution in [0.15, 0.2) is 66.7 Å². The Morgan fingerprint density at radius 1 is 0.964 bits per heavy atom. The highest BCUT2D eigenvalue weighted by atomic mass is 16.5. The Kier molecular flexibility index (Phi) is 6.45. The van der Waals surface area contributed by atoms with Crippen LogP contribution >= 0.6 is 0 Å². The number of rotatable bonds is 7. The van der Waals surface area contributed by atoms with Crippen LogP contribution in [0.4, 0.5) is 5.69 Å². The molecule has 0 aliphatic rings. The highest BCUT2D eigenvalue weighted by molar-refractivity contribution is 5.97. The van der Waals surface area contributed by atoms with Crippen molar-refractivity contribution in [3.8, 4) is 0 Å². The van der Waals surface area contributed by atoms with Crippen LogP contribution in [0.2, 0.25) is 0 Å². The third-order valence-corrected chi connectivity index (χ3v) is 4.66. The lowest BCUT2D eigenvalue weighted by atomic mass is 10.0. The summed E-state index contributed by atoms with van der Waals surface area (Å²) in [5.74, 6) is -0.0496. The number of anilines is 1. The lowest BCUT2D eigenvalue weighted by Crippen LogP contribution is -2.32. The summed E-state index contributed by atoms with van der Waals surface area (Å²) in [6.45, 7) is 4.62. The van der Waals surface area contributed by atoms with Crippen molar-refractivity contribution in [2.45, 2.75) is 32.6 Å². The number of likely N-dealkylation sites (N-methyl/N-ethyl adjacent to an activating group) is 1. The van der Waals surface area contributed by atoms with Gasteiger partial charge in [-0.3, -0.25) is 9.69 Å². The van der Waals surface area contributed by atoms with E-state index in [-0.39, 0.29) is 18.1 Å². The van der Waals surface area contributed by atoms with Gasteiger partial charge in [-0.1, -0.05) is 54.6 Å². The molecule has 0 aliphatic carbocycles. The second-order valence-electron chi connectivity index (χ2n) is 7.52. The van der Waals surface area contributed by atoms with Crippen LogP contribution in [0.1, 0.15) is 31.0 Å². The summed E-state index contributed by atoms with van der Waals surface area (Å²) in [5, 5.41) is 5.33. The first-order chi connectivity index (χ1) is 13.4. The van der Waals surface area contributed by atoms with E-state index in [4.69, 9.17) is 4.74 Å². The molecule has 1 amide bonds. The Morgan fingerprint density at radius 2 is 1.64 bits per heavy atom. The third kappa shape index (κ3) is 4.97. The summed E-state index contributed by atoms with van der Waals surface area (Å²) in [6.07, 6.45) is 0.196. The van der Waals surface area contributed by atoms with Crippen LogP contribution in [-0.2, 0) is 16.1 Å². The highest BCUT2D eigenvalue weighted by Gasteiger charge is 2.23. The van der Waals surface area contributed by atoms with Gasteiger partial charge in [-0.25, -0.2) is 0 Å². The number of benzene rings is 3. The molecular formula is C24H28N2O2. The number of nitrogens with one attached hydrogen (secondary N) is 1. The summed E-state index contributed by atoms with van der Waals surface area (Å²) >= 11 is 0. The minimum atomic E-state index is -0.369. The largest absolute Gasteiger partial charge is 0.374 e. The maximum absolute atomic E-state index is 13.0. The molecule has 0 saturated carbocycles. The monoisotopic (exact) mass is 376 g/mol. The van der Waals surface area contributed by atoms with Crippen molar-refractivity contribution in [1.29, 1.82) is 0 Å².